The lowest BCUT2D eigenvalue weighted by Gasteiger charge is -2.14. The second kappa shape index (κ2) is 6.17. The van der Waals surface area contributed by atoms with Crippen LogP contribution >= 0.6 is 0 Å². The van der Waals surface area contributed by atoms with Gasteiger partial charge in [-0.25, -0.2) is 4.68 Å². The smallest absolute Gasteiger partial charge is 0.251 e. The van der Waals surface area contributed by atoms with Gasteiger partial charge in [0.2, 0.25) is 0 Å². The van der Waals surface area contributed by atoms with Crippen molar-refractivity contribution in [1.29, 1.82) is 0 Å². The van der Waals surface area contributed by atoms with Crippen molar-refractivity contribution in [3.63, 3.8) is 0 Å². The molecule has 1 N–H and O–H groups in total. The molecule has 0 saturated heterocycles. The van der Waals surface area contributed by atoms with Crippen LogP contribution in [0.2, 0.25) is 0 Å². The summed E-state index contributed by atoms with van der Waals surface area (Å²) in [5.74, 6) is -0.111. The first-order valence-corrected chi connectivity index (χ1v) is 6.93. The Kier molecular flexibility index (Phi) is 3.91. The van der Waals surface area contributed by atoms with Crippen molar-refractivity contribution in [2.75, 3.05) is 0 Å². The first-order chi connectivity index (χ1) is 10.7. The number of carbonyl (C=O) groups is 1. The Hall–Kier alpha value is -3.02. The summed E-state index contributed by atoms with van der Waals surface area (Å²) in [7, 11) is 0. The summed E-state index contributed by atoms with van der Waals surface area (Å²) in [6.07, 6.45) is 1.51. The predicted molar refractivity (Wildman–Crippen MR) is 81.5 cm³/mol. The third-order valence-electron chi connectivity index (χ3n) is 3.39. The Morgan fingerprint density at radius 2 is 1.82 bits per heavy atom. The minimum atomic E-state index is -0.111. The molecular formula is C16H15N5O. The number of aromatic nitrogens is 4. The topological polar surface area (TPSA) is 72.7 Å². The van der Waals surface area contributed by atoms with Gasteiger partial charge in [-0.15, -0.1) is 5.10 Å². The van der Waals surface area contributed by atoms with Crippen LogP contribution in [0.1, 0.15) is 28.9 Å². The fraction of sp³-hybridized carbons (Fsp3) is 0.125. The zero-order valence-corrected chi connectivity index (χ0v) is 12.0. The van der Waals surface area contributed by atoms with Gasteiger partial charge in [0.1, 0.15) is 6.33 Å². The van der Waals surface area contributed by atoms with E-state index in [4.69, 9.17) is 0 Å². The molecule has 2 aromatic carbocycles. The van der Waals surface area contributed by atoms with Crippen LogP contribution in [-0.4, -0.2) is 26.1 Å². The van der Waals surface area contributed by atoms with Gasteiger partial charge in [-0.3, -0.25) is 4.79 Å². The van der Waals surface area contributed by atoms with Crippen molar-refractivity contribution in [3.05, 3.63) is 72.1 Å². The van der Waals surface area contributed by atoms with Gasteiger partial charge in [0.15, 0.2) is 0 Å². The molecule has 6 heteroatoms. The SMILES string of the molecule is CC(NC(=O)c1ccc(-n2cnnn2)cc1)c1ccccc1. The lowest BCUT2D eigenvalue weighted by molar-refractivity contribution is 0.0940. The molecule has 110 valence electrons. The first-order valence-electron chi connectivity index (χ1n) is 6.93. The molecule has 1 aromatic heterocycles. The van der Waals surface area contributed by atoms with Gasteiger partial charge in [0.25, 0.3) is 5.91 Å². The molecule has 1 unspecified atom stereocenters. The van der Waals surface area contributed by atoms with Crippen LogP contribution in [0, 0.1) is 0 Å². The van der Waals surface area contributed by atoms with Crippen molar-refractivity contribution in [2.24, 2.45) is 0 Å². The molecule has 0 radical (unpaired) electrons. The third kappa shape index (κ3) is 3.01. The maximum atomic E-state index is 12.3. The number of carbonyl (C=O) groups excluding carboxylic acids is 1. The van der Waals surface area contributed by atoms with Crippen molar-refractivity contribution in [1.82, 2.24) is 25.5 Å². The van der Waals surface area contributed by atoms with Gasteiger partial charge >= 0.3 is 0 Å². The molecule has 22 heavy (non-hydrogen) atoms. The number of nitrogens with zero attached hydrogens (tertiary/aromatic N) is 4. The molecule has 0 aliphatic rings. The highest BCUT2D eigenvalue weighted by molar-refractivity contribution is 5.94. The highest BCUT2D eigenvalue weighted by Gasteiger charge is 2.11. The van der Waals surface area contributed by atoms with E-state index >= 15 is 0 Å². The number of nitrogens with one attached hydrogen (secondary N) is 1. The van der Waals surface area contributed by atoms with Crippen LogP contribution < -0.4 is 5.32 Å². The maximum Gasteiger partial charge on any atom is 0.251 e. The molecule has 0 aliphatic carbocycles. The zero-order valence-electron chi connectivity index (χ0n) is 12.0. The van der Waals surface area contributed by atoms with Crippen LogP contribution in [0.3, 0.4) is 0 Å². The number of tetrazole rings is 1. The van der Waals surface area contributed by atoms with E-state index in [1.54, 1.807) is 24.3 Å². The number of hydrogen-bond donors (Lipinski definition) is 1. The molecule has 0 bridgehead atoms. The molecule has 0 aliphatic heterocycles. The minimum absolute atomic E-state index is 0.0482. The third-order valence-corrected chi connectivity index (χ3v) is 3.39. The van der Waals surface area contributed by atoms with Crippen molar-refractivity contribution in [3.8, 4) is 5.69 Å². The van der Waals surface area contributed by atoms with Crippen molar-refractivity contribution in [2.45, 2.75) is 13.0 Å². The average Bonchev–Trinajstić information content (AvgIpc) is 3.10. The highest BCUT2D eigenvalue weighted by Crippen LogP contribution is 2.13. The van der Waals surface area contributed by atoms with Crippen LogP contribution in [0.25, 0.3) is 5.69 Å². The molecular weight excluding hydrogens is 278 g/mol. The quantitative estimate of drug-likeness (QED) is 0.800. The summed E-state index contributed by atoms with van der Waals surface area (Å²) in [4.78, 5) is 12.3. The Morgan fingerprint density at radius 3 is 2.45 bits per heavy atom. The van der Waals surface area contributed by atoms with E-state index in [0.717, 1.165) is 11.3 Å². The van der Waals surface area contributed by atoms with E-state index in [-0.39, 0.29) is 11.9 Å². The molecule has 1 amide bonds. The number of amides is 1. The van der Waals surface area contributed by atoms with E-state index < -0.39 is 0 Å². The zero-order chi connectivity index (χ0) is 15.4. The average molecular weight is 293 g/mol. The van der Waals surface area contributed by atoms with E-state index in [1.165, 1.54) is 11.0 Å². The van der Waals surface area contributed by atoms with Gasteiger partial charge in [0, 0.05) is 5.56 Å². The number of rotatable bonds is 4. The van der Waals surface area contributed by atoms with E-state index in [2.05, 4.69) is 20.8 Å². The van der Waals surface area contributed by atoms with Crippen LogP contribution in [0.4, 0.5) is 0 Å². The fourth-order valence-corrected chi connectivity index (χ4v) is 2.15. The predicted octanol–water partition coefficient (Wildman–Crippen LogP) is 2.15. The Labute approximate surface area is 127 Å². The molecule has 1 heterocycles. The summed E-state index contributed by atoms with van der Waals surface area (Å²) < 4.78 is 1.54. The Morgan fingerprint density at radius 1 is 1.09 bits per heavy atom. The van der Waals surface area contributed by atoms with E-state index in [1.807, 2.05) is 37.3 Å². The minimum Gasteiger partial charge on any atom is -0.346 e. The van der Waals surface area contributed by atoms with Crippen molar-refractivity contribution < 1.29 is 4.79 Å². The van der Waals surface area contributed by atoms with Gasteiger partial charge in [0.05, 0.1) is 11.7 Å². The fourth-order valence-electron chi connectivity index (χ4n) is 2.15. The number of hydrogen-bond acceptors (Lipinski definition) is 4. The summed E-state index contributed by atoms with van der Waals surface area (Å²) >= 11 is 0. The lowest BCUT2D eigenvalue weighted by atomic mass is 10.1. The monoisotopic (exact) mass is 293 g/mol. The molecule has 0 spiro atoms. The van der Waals surface area contributed by atoms with Crippen LogP contribution in [0.5, 0.6) is 0 Å². The summed E-state index contributed by atoms with van der Waals surface area (Å²) in [6.45, 7) is 1.96. The molecule has 3 rings (SSSR count). The molecule has 0 fully saturated rings. The summed E-state index contributed by atoms with van der Waals surface area (Å²) in [6, 6.07) is 16.9. The van der Waals surface area contributed by atoms with E-state index in [0.29, 0.717) is 5.56 Å². The van der Waals surface area contributed by atoms with Crippen LogP contribution in [0.15, 0.2) is 60.9 Å². The van der Waals surface area contributed by atoms with Gasteiger partial charge in [-0.2, -0.15) is 0 Å². The largest absolute Gasteiger partial charge is 0.346 e. The first kappa shape index (κ1) is 13.9. The Bertz CT molecular complexity index is 738. The second-order valence-corrected chi connectivity index (χ2v) is 4.91. The van der Waals surface area contributed by atoms with Gasteiger partial charge < -0.3 is 5.32 Å². The second-order valence-electron chi connectivity index (χ2n) is 4.91. The summed E-state index contributed by atoms with van der Waals surface area (Å²) in [5, 5.41) is 13.9. The summed E-state index contributed by atoms with van der Waals surface area (Å²) in [5.41, 5.74) is 2.47. The standard InChI is InChI=1S/C16H15N5O/c1-12(13-5-3-2-4-6-13)18-16(22)14-7-9-15(10-8-14)21-11-17-19-20-21/h2-12H,1H3,(H,18,22). The molecule has 1 atom stereocenters. The lowest BCUT2D eigenvalue weighted by Crippen LogP contribution is -2.26. The van der Waals surface area contributed by atoms with E-state index in [9.17, 15) is 4.79 Å². The van der Waals surface area contributed by atoms with Gasteiger partial charge in [-0.05, 0) is 47.2 Å². The molecule has 3 aromatic rings. The van der Waals surface area contributed by atoms with Gasteiger partial charge in [-0.1, -0.05) is 30.3 Å². The maximum absolute atomic E-state index is 12.3. The number of benzene rings is 2. The molecule has 0 saturated carbocycles. The molecule has 6 nitrogen and oxygen atoms in total. The Balaban J connectivity index is 1.70. The van der Waals surface area contributed by atoms with Crippen molar-refractivity contribution >= 4 is 5.91 Å². The van der Waals surface area contributed by atoms with Crippen LogP contribution in [-0.2, 0) is 0 Å². The normalized spacial score (nSPS) is 11.9. The highest BCUT2D eigenvalue weighted by atomic mass is 16.1.